The van der Waals surface area contributed by atoms with Gasteiger partial charge in [-0.25, -0.2) is 9.37 Å². The van der Waals surface area contributed by atoms with Crippen LogP contribution in [0.5, 0.6) is 0 Å². The summed E-state index contributed by atoms with van der Waals surface area (Å²) in [4.78, 5) is 30.3. The summed E-state index contributed by atoms with van der Waals surface area (Å²) in [6.45, 7) is 0. The highest BCUT2D eigenvalue weighted by Gasteiger charge is 2.20. The second-order valence-electron chi connectivity index (χ2n) is 5.09. The van der Waals surface area contributed by atoms with Gasteiger partial charge >= 0.3 is 0 Å². The number of nitrogens with one attached hydrogen (secondary N) is 2. The molecular formula is C16H13FN4O2. The van der Waals surface area contributed by atoms with E-state index >= 15 is 0 Å². The lowest BCUT2D eigenvalue weighted by Crippen LogP contribution is -2.18. The van der Waals surface area contributed by atoms with Crippen LogP contribution in [0.15, 0.2) is 42.9 Å². The molecule has 0 aliphatic heterocycles. The number of carbonyl (C=O) groups is 2. The quantitative estimate of drug-likeness (QED) is 0.537. The minimum atomic E-state index is -0.729. The van der Waals surface area contributed by atoms with Crippen molar-refractivity contribution in [2.24, 2.45) is 0 Å². The molecule has 6 nitrogen and oxygen atoms in total. The summed E-state index contributed by atoms with van der Waals surface area (Å²) in [6, 6.07) is 8.11. The fourth-order valence-electron chi connectivity index (χ4n) is 2.28. The van der Waals surface area contributed by atoms with Crippen molar-refractivity contribution in [3.8, 4) is 0 Å². The van der Waals surface area contributed by atoms with Crippen LogP contribution < -0.4 is 0 Å². The number of Topliss-reactive ketones (excluding diaryl/α,β-unsaturated/α-hetero) is 2. The maximum absolute atomic E-state index is 13.2. The van der Waals surface area contributed by atoms with Gasteiger partial charge in [-0.05, 0) is 35.7 Å². The lowest BCUT2D eigenvalue weighted by atomic mass is 10.1. The molecule has 0 aliphatic rings. The van der Waals surface area contributed by atoms with Crippen molar-refractivity contribution < 1.29 is 14.0 Å². The zero-order chi connectivity index (χ0) is 16.2. The van der Waals surface area contributed by atoms with Crippen molar-refractivity contribution in [2.75, 3.05) is 0 Å². The molecular weight excluding hydrogens is 299 g/mol. The largest absolute Gasteiger partial charge is 0.364 e. The van der Waals surface area contributed by atoms with Crippen LogP contribution in [0.1, 0.15) is 27.4 Å². The Hall–Kier alpha value is -3.09. The van der Waals surface area contributed by atoms with Crippen molar-refractivity contribution in [2.45, 2.75) is 12.8 Å². The van der Waals surface area contributed by atoms with Crippen molar-refractivity contribution in [3.63, 3.8) is 0 Å². The summed E-state index contributed by atoms with van der Waals surface area (Å²) in [6.07, 6.45) is 3.46. The van der Waals surface area contributed by atoms with E-state index in [1.807, 2.05) is 6.07 Å². The van der Waals surface area contributed by atoms with Crippen LogP contribution >= 0.6 is 0 Å². The Kier molecular flexibility index (Phi) is 4.09. The molecule has 0 saturated carbocycles. The van der Waals surface area contributed by atoms with E-state index in [0.717, 1.165) is 11.1 Å². The van der Waals surface area contributed by atoms with Gasteiger partial charge in [0.1, 0.15) is 12.1 Å². The monoisotopic (exact) mass is 312 g/mol. The van der Waals surface area contributed by atoms with Crippen LogP contribution in [-0.2, 0) is 17.6 Å². The van der Waals surface area contributed by atoms with Gasteiger partial charge in [0.05, 0.1) is 6.42 Å². The van der Waals surface area contributed by atoms with Crippen LogP contribution in [0.25, 0.3) is 0 Å². The summed E-state index contributed by atoms with van der Waals surface area (Å²) < 4.78 is 13.2. The first-order valence-corrected chi connectivity index (χ1v) is 6.96. The predicted octanol–water partition coefficient (Wildman–Crippen LogP) is 1.86. The molecule has 0 atom stereocenters. The minimum absolute atomic E-state index is 0.0590. The van der Waals surface area contributed by atoms with E-state index in [1.54, 1.807) is 18.3 Å². The summed E-state index contributed by atoms with van der Waals surface area (Å²) >= 11 is 0. The highest BCUT2D eigenvalue weighted by atomic mass is 19.1. The number of aromatic nitrogens is 4. The Morgan fingerprint density at radius 1 is 1.17 bits per heavy atom. The van der Waals surface area contributed by atoms with E-state index in [-0.39, 0.29) is 18.1 Å². The van der Waals surface area contributed by atoms with Gasteiger partial charge < -0.3 is 4.98 Å². The zero-order valence-electron chi connectivity index (χ0n) is 12.0. The maximum Gasteiger partial charge on any atom is 0.267 e. The number of halogens is 1. The highest BCUT2D eigenvalue weighted by Crippen LogP contribution is 2.13. The molecule has 0 unspecified atom stereocenters. The van der Waals surface area contributed by atoms with E-state index in [2.05, 4.69) is 20.2 Å². The molecule has 0 amide bonds. The van der Waals surface area contributed by atoms with Crippen LogP contribution in [0.3, 0.4) is 0 Å². The number of H-pyrrole nitrogens is 2. The summed E-state index contributed by atoms with van der Waals surface area (Å²) in [7, 11) is 0. The van der Waals surface area contributed by atoms with Crippen molar-refractivity contribution in [1.29, 1.82) is 0 Å². The first-order valence-electron chi connectivity index (χ1n) is 6.96. The minimum Gasteiger partial charge on any atom is -0.364 e. The predicted molar refractivity (Wildman–Crippen MR) is 79.4 cm³/mol. The van der Waals surface area contributed by atoms with E-state index in [4.69, 9.17) is 0 Å². The SMILES string of the molecule is O=C(Cc1cc(Cc2cccc(F)c2)c[nH]1)C(=O)c1nc[nH]n1. The average molecular weight is 312 g/mol. The molecule has 3 rings (SSSR count). The lowest BCUT2D eigenvalue weighted by Gasteiger charge is -1.98. The fourth-order valence-corrected chi connectivity index (χ4v) is 2.28. The lowest BCUT2D eigenvalue weighted by molar-refractivity contribution is -0.114. The fraction of sp³-hybridized carbons (Fsp3) is 0.125. The molecule has 0 aliphatic carbocycles. The smallest absolute Gasteiger partial charge is 0.267 e. The third-order valence-electron chi connectivity index (χ3n) is 3.32. The standard InChI is InChI=1S/C16H13FN4O2/c17-12-3-1-2-10(5-12)4-11-6-13(18-8-11)7-14(22)15(23)16-19-9-20-21-16/h1-3,5-6,8-9,18H,4,7H2,(H,19,20,21). The van der Waals surface area contributed by atoms with Gasteiger partial charge in [-0.1, -0.05) is 12.1 Å². The van der Waals surface area contributed by atoms with E-state index < -0.39 is 11.6 Å². The second-order valence-corrected chi connectivity index (χ2v) is 5.09. The molecule has 0 spiro atoms. The Labute approximate surface area is 130 Å². The number of hydrogen-bond acceptors (Lipinski definition) is 4. The van der Waals surface area contributed by atoms with Gasteiger partial charge in [-0.3, -0.25) is 14.7 Å². The highest BCUT2D eigenvalue weighted by molar-refractivity contribution is 6.43. The second kappa shape index (κ2) is 6.35. The van der Waals surface area contributed by atoms with Gasteiger partial charge in [-0.15, -0.1) is 5.10 Å². The first-order chi connectivity index (χ1) is 11.1. The van der Waals surface area contributed by atoms with Crippen LogP contribution in [0.4, 0.5) is 4.39 Å². The normalized spacial score (nSPS) is 10.7. The number of ketones is 2. The molecule has 116 valence electrons. The number of carbonyl (C=O) groups excluding carboxylic acids is 2. The van der Waals surface area contributed by atoms with Gasteiger partial charge in [0.25, 0.3) is 5.78 Å². The molecule has 1 aromatic carbocycles. The molecule has 0 bridgehead atoms. The molecule has 7 heteroatoms. The van der Waals surface area contributed by atoms with Gasteiger partial charge in [0.15, 0.2) is 0 Å². The topological polar surface area (TPSA) is 91.5 Å². The number of nitrogens with zero attached hydrogens (tertiary/aromatic N) is 2. The summed E-state index contributed by atoms with van der Waals surface area (Å²) in [5, 5.41) is 5.99. The third kappa shape index (κ3) is 3.57. The van der Waals surface area contributed by atoms with Gasteiger partial charge in [-0.2, -0.15) is 0 Å². The Balaban J connectivity index is 1.65. The molecule has 23 heavy (non-hydrogen) atoms. The molecule has 0 saturated heterocycles. The Morgan fingerprint density at radius 2 is 2.04 bits per heavy atom. The Bertz CT molecular complexity index is 839. The number of benzene rings is 1. The molecule has 0 fully saturated rings. The Morgan fingerprint density at radius 3 is 2.78 bits per heavy atom. The van der Waals surface area contributed by atoms with Crippen LogP contribution in [-0.4, -0.2) is 31.7 Å². The van der Waals surface area contributed by atoms with E-state index in [0.29, 0.717) is 12.1 Å². The number of aromatic amines is 2. The summed E-state index contributed by atoms with van der Waals surface area (Å²) in [5.74, 6) is -1.75. The van der Waals surface area contributed by atoms with E-state index in [9.17, 15) is 14.0 Å². The molecule has 0 radical (unpaired) electrons. The van der Waals surface area contributed by atoms with Crippen molar-refractivity contribution in [1.82, 2.24) is 20.2 Å². The molecule has 2 aromatic heterocycles. The first kappa shape index (κ1) is 14.8. The average Bonchev–Trinajstić information content (AvgIpc) is 3.18. The molecule has 3 aromatic rings. The molecule has 2 N–H and O–H groups in total. The van der Waals surface area contributed by atoms with E-state index in [1.165, 1.54) is 18.5 Å². The third-order valence-corrected chi connectivity index (χ3v) is 3.32. The van der Waals surface area contributed by atoms with Crippen molar-refractivity contribution in [3.05, 3.63) is 71.3 Å². The number of rotatable bonds is 6. The van der Waals surface area contributed by atoms with Crippen molar-refractivity contribution >= 4 is 11.6 Å². The van der Waals surface area contributed by atoms with Crippen LogP contribution in [0.2, 0.25) is 0 Å². The zero-order valence-corrected chi connectivity index (χ0v) is 12.0. The van der Waals surface area contributed by atoms with Crippen LogP contribution in [0, 0.1) is 5.82 Å². The molecule has 2 heterocycles. The number of hydrogen-bond donors (Lipinski definition) is 2. The van der Waals surface area contributed by atoms with Gasteiger partial charge in [0, 0.05) is 11.9 Å². The maximum atomic E-state index is 13.2. The van der Waals surface area contributed by atoms with Gasteiger partial charge in [0.2, 0.25) is 11.6 Å². The summed E-state index contributed by atoms with van der Waals surface area (Å²) in [5.41, 5.74) is 2.35.